The van der Waals surface area contributed by atoms with Crippen LogP contribution in [0.15, 0.2) is 0 Å². The molecule has 3 N–H and O–H groups in total. The highest BCUT2D eigenvalue weighted by atomic mass is 16.4. The van der Waals surface area contributed by atoms with E-state index >= 15 is 0 Å². The number of hydrogen-bond donors (Lipinski definition) is 3. The molecule has 1 aliphatic rings. The lowest BCUT2D eigenvalue weighted by Gasteiger charge is -2.32. The molecule has 110 valence electrons. The Balaban J connectivity index is 2.38. The van der Waals surface area contributed by atoms with E-state index in [1.807, 2.05) is 25.9 Å². The normalized spacial score (nSPS) is 19.2. The quantitative estimate of drug-likeness (QED) is 0.653. The van der Waals surface area contributed by atoms with Gasteiger partial charge >= 0.3 is 12.0 Å². The standard InChI is InChI=1S/C12H24N4O3/c1-9(2)8-10(11(17)18)13-12(19)14-16-6-4-15(3)5-7-16/h9-10H,4-8H2,1-3H3,(H,17,18)(H2,13,14,19)/t10-/m0/s1. The zero-order chi connectivity index (χ0) is 14.4. The van der Waals surface area contributed by atoms with Gasteiger partial charge in [-0.1, -0.05) is 13.8 Å². The minimum Gasteiger partial charge on any atom is -0.480 e. The van der Waals surface area contributed by atoms with Crippen LogP contribution in [0.25, 0.3) is 0 Å². The predicted molar refractivity (Wildman–Crippen MR) is 71.6 cm³/mol. The van der Waals surface area contributed by atoms with Gasteiger partial charge in [-0.2, -0.15) is 0 Å². The highest BCUT2D eigenvalue weighted by molar-refractivity contribution is 5.82. The summed E-state index contributed by atoms with van der Waals surface area (Å²) in [5.74, 6) is -0.785. The summed E-state index contributed by atoms with van der Waals surface area (Å²) >= 11 is 0. The summed E-state index contributed by atoms with van der Waals surface area (Å²) < 4.78 is 0. The summed E-state index contributed by atoms with van der Waals surface area (Å²) in [5.41, 5.74) is 2.69. The minimum atomic E-state index is -0.998. The lowest BCUT2D eigenvalue weighted by atomic mass is 10.0. The van der Waals surface area contributed by atoms with Gasteiger partial charge in [-0.25, -0.2) is 14.6 Å². The van der Waals surface area contributed by atoms with Crippen molar-refractivity contribution >= 4 is 12.0 Å². The zero-order valence-electron chi connectivity index (χ0n) is 11.8. The van der Waals surface area contributed by atoms with Crippen molar-refractivity contribution in [1.29, 1.82) is 0 Å². The van der Waals surface area contributed by atoms with Crippen LogP contribution in [-0.4, -0.2) is 66.3 Å². The van der Waals surface area contributed by atoms with Crippen LogP contribution >= 0.6 is 0 Å². The lowest BCUT2D eigenvalue weighted by Crippen LogP contribution is -2.57. The Morgan fingerprint density at radius 3 is 2.26 bits per heavy atom. The van der Waals surface area contributed by atoms with Crippen LogP contribution < -0.4 is 10.7 Å². The molecule has 0 aromatic rings. The van der Waals surface area contributed by atoms with E-state index in [2.05, 4.69) is 15.6 Å². The number of carbonyl (C=O) groups excluding carboxylic acids is 1. The van der Waals surface area contributed by atoms with E-state index in [0.717, 1.165) is 26.2 Å². The van der Waals surface area contributed by atoms with Crippen molar-refractivity contribution < 1.29 is 14.7 Å². The molecule has 0 bridgehead atoms. The first kappa shape index (κ1) is 15.7. The highest BCUT2D eigenvalue weighted by Crippen LogP contribution is 2.05. The molecule has 1 aliphatic heterocycles. The molecule has 0 spiro atoms. The van der Waals surface area contributed by atoms with E-state index in [1.165, 1.54) is 0 Å². The largest absolute Gasteiger partial charge is 0.480 e. The van der Waals surface area contributed by atoms with Crippen molar-refractivity contribution in [1.82, 2.24) is 20.7 Å². The molecule has 0 aromatic carbocycles. The van der Waals surface area contributed by atoms with Crippen LogP contribution in [0.3, 0.4) is 0 Å². The number of nitrogens with zero attached hydrogens (tertiary/aromatic N) is 2. The number of amides is 2. The second-order valence-corrected chi connectivity index (χ2v) is 5.40. The molecule has 0 radical (unpaired) electrons. The average molecular weight is 272 g/mol. The van der Waals surface area contributed by atoms with Crippen molar-refractivity contribution in [2.24, 2.45) is 5.92 Å². The first-order valence-corrected chi connectivity index (χ1v) is 6.62. The first-order chi connectivity index (χ1) is 8.88. The van der Waals surface area contributed by atoms with Crippen molar-refractivity contribution in [3.05, 3.63) is 0 Å². The average Bonchev–Trinajstić information content (AvgIpc) is 2.30. The van der Waals surface area contributed by atoms with Crippen LogP contribution in [0.4, 0.5) is 4.79 Å². The maximum Gasteiger partial charge on any atom is 0.330 e. The van der Waals surface area contributed by atoms with Crippen molar-refractivity contribution in [2.75, 3.05) is 33.2 Å². The molecule has 1 atom stereocenters. The molecule has 0 saturated carbocycles. The fraction of sp³-hybridized carbons (Fsp3) is 0.833. The van der Waals surface area contributed by atoms with Gasteiger partial charge in [-0.15, -0.1) is 0 Å². The van der Waals surface area contributed by atoms with Gasteiger partial charge in [-0.3, -0.25) is 5.43 Å². The Morgan fingerprint density at radius 2 is 1.79 bits per heavy atom. The number of carboxylic acid groups (broad SMARTS) is 1. The first-order valence-electron chi connectivity index (χ1n) is 6.62. The monoisotopic (exact) mass is 272 g/mol. The maximum absolute atomic E-state index is 11.7. The molecule has 1 heterocycles. The number of hydrazine groups is 1. The molecular weight excluding hydrogens is 248 g/mol. The van der Waals surface area contributed by atoms with Crippen molar-refractivity contribution in [3.8, 4) is 0 Å². The Morgan fingerprint density at radius 1 is 1.21 bits per heavy atom. The third-order valence-electron chi connectivity index (χ3n) is 3.07. The summed E-state index contributed by atoms with van der Waals surface area (Å²) in [6.45, 7) is 7.10. The number of urea groups is 1. The minimum absolute atomic E-state index is 0.213. The fourth-order valence-corrected chi connectivity index (χ4v) is 1.95. The summed E-state index contributed by atoms with van der Waals surface area (Å²) in [6, 6.07) is -1.29. The van der Waals surface area contributed by atoms with E-state index in [4.69, 9.17) is 5.11 Å². The van der Waals surface area contributed by atoms with Crippen LogP contribution in [-0.2, 0) is 4.79 Å². The van der Waals surface area contributed by atoms with Crippen molar-refractivity contribution in [2.45, 2.75) is 26.3 Å². The number of rotatable bonds is 5. The summed E-state index contributed by atoms with van der Waals surface area (Å²) in [7, 11) is 2.03. The van der Waals surface area contributed by atoms with Crippen LogP contribution in [0.5, 0.6) is 0 Å². The number of carboxylic acids is 1. The highest BCUT2D eigenvalue weighted by Gasteiger charge is 2.22. The Labute approximate surface area is 113 Å². The second kappa shape index (κ2) is 7.30. The Hall–Kier alpha value is -1.34. The molecule has 19 heavy (non-hydrogen) atoms. The summed E-state index contributed by atoms with van der Waals surface area (Å²) in [5, 5.41) is 13.4. The molecule has 0 aliphatic carbocycles. The van der Waals surface area contributed by atoms with Crippen LogP contribution in [0.2, 0.25) is 0 Å². The van der Waals surface area contributed by atoms with Gasteiger partial charge in [0.2, 0.25) is 0 Å². The summed E-state index contributed by atoms with van der Waals surface area (Å²) in [4.78, 5) is 25.0. The third kappa shape index (κ3) is 5.89. The maximum atomic E-state index is 11.7. The number of nitrogens with one attached hydrogen (secondary N) is 2. The number of hydrogen-bond acceptors (Lipinski definition) is 4. The van der Waals surface area contributed by atoms with E-state index < -0.39 is 18.0 Å². The Kier molecular flexibility index (Phi) is 6.04. The Bertz CT molecular complexity index is 314. The van der Waals surface area contributed by atoms with Gasteiger partial charge in [0, 0.05) is 26.2 Å². The molecule has 1 rings (SSSR count). The molecule has 1 saturated heterocycles. The van der Waals surface area contributed by atoms with Gasteiger partial charge in [0.15, 0.2) is 0 Å². The van der Waals surface area contributed by atoms with Gasteiger partial charge < -0.3 is 15.3 Å². The molecule has 0 aromatic heterocycles. The fourth-order valence-electron chi connectivity index (χ4n) is 1.95. The number of piperazine rings is 1. The van der Waals surface area contributed by atoms with Crippen LogP contribution in [0, 0.1) is 5.92 Å². The SMILES string of the molecule is CC(C)C[C@H](NC(=O)NN1CCN(C)CC1)C(=O)O. The predicted octanol–water partition coefficient (Wildman–Crippen LogP) is -0.0527. The second-order valence-electron chi connectivity index (χ2n) is 5.40. The van der Waals surface area contributed by atoms with Crippen LogP contribution in [0.1, 0.15) is 20.3 Å². The van der Waals surface area contributed by atoms with Gasteiger partial charge in [0.05, 0.1) is 0 Å². The molecule has 7 nitrogen and oxygen atoms in total. The van der Waals surface area contributed by atoms with E-state index in [1.54, 1.807) is 0 Å². The zero-order valence-corrected chi connectivity index (χ0v) is 11.8. The lowest BCUT2D eigenvalue weighted by molar-refractivity contribution is -0.139. The van der Waals surface area contributed by atoms with E-state index in [0.29, 0.717) is 6.42 Å². The summed E-state index contributed by atoms with van der Waals surface area (Å²) in [6.07, 6.45) is 0.422. The number of aliphatic carboxylic acids is 1. The van der Waals surface area contributed by atoms with Gasteiger partial charge in [-0.05, 0) is 19.4 Å². The van der Waals surface area contributed by atoms with E-state index in [9.17, 15) is 9.59 Å². The third-order valence-corrected chi connectivity index (χ3v) is 3.07. The topological polar surface area (TPSA) is 84.9 Å². The van der Waals surface area contributed by atoms with Gasteiger partial charge in [0.1, 0.15) is 6.04 Å². The number of likely N-dealkylation sites (N-methyl/N-ethyl adjacent to an activating group) is 1. The number of carbonyl (C=O) groups is 2. The molecule has 2 amide bonds. The molecule has 7 heteroatoms. The smallest absolute Gasteiger partial charge is 0.330 e. The van der Waals surface area contributed by atoms with Crippen molar-refractivity contribution in [3.63, 3.8) is 0 Å². The molecule has 1 fully saturated rings. The van der Waals surface area contributed by atoms with Gasteiger partial charge in [0.25, 0.3) is 0 Å². The molecule has 0 unspecified atom stereocenters. The molecular formula is C12H24N4O3. The van der Waals surface area contributed by atoms with E-state index in [-0.39, 0.29) is 5.92 Å².